The van der Waals surface area contributed by atoms with E-state index < -0.39 is 38.1 Å². The predicted molar refractivity (Wildman–Crippen MR) is 118 cm³/mol. The number of nitro groups is 2. The van der Waals surface area contributed by atoms with Gasteiger partial charge in [-0.05, 0) is 53.6 Å². The van der Waals surface area contributed by atoms with Gasteiger partial charge >= 0.3 is 11.4 Å². The minimum absolute atomic E-state index is 0.463. The van der Waals surface area contributed by atoms with Gasteiger partial charge in [0.1, 0.15) is 0 Å². The first kappa shape index (κ1) is 22.1. The smallest absolute Gasteiger partial charge is 0.311 e. The van der Waals surface area contributed by atoms with Crippen LogP contribution in [0.1, 0.15) is 30.5 Å². The van der Waals surface area contributed by atoms with Gasteiger partial charge in [-0.1, -0.05) is 31.2 Å². The van der Waals surface area contributed by atoms with E-state index in [9.17, 15) is 30.4 Å². The maximum atomic E-state index is 11.4. The molecule has 3 aromatic carbocycles. The molecule has 0 aromatic heterocycles. The summed E-state index contributed by atoms with van der Waals surface area (Å²) in [6.45, 7) is 3.83. The topological polar surface area (TPSA) is 127 Å². The molecule has 0 radical (unpaired) electrons. The van der Waals surface area contributed by atoms with Crippen LogP contribution in [0.5, 0.6) is 11.5 Å². The lowest BCUT2D eigenvalue weighted by Crippen LogP contribution is -2.25. The first-order valence-corrected chi connectivity index (χ1v) is 10.4. The molecule has 0 bridgehead atoms. The van der Waals surface area contributed by atoms with Crippen molar-refractivity contribution in [2.45, 2.75) is 24.2 Å². The summed E-state index contributed by atoms with van der Waals surface area (Å²) in [6, 6.07) is 15.7. The fourth-order valence-electron chi connectivity index (χ4n) is 3.51. The number of nitro benzene ring substituents is 2. The molecule has 8 nitrogen and oxygen atoms in total. The van der Waals surface area contributed by atoms with Crippen LogP contribution in [0.4, 0.5) is 11.4 Å². The molecule has 0 atom stereocenters. The highest BCUT2D eigenvalue weighted by atomic mass is 32.2. The van der Waals surface area contributed by atoms with Crippen molar-refractivity contribution < 1.29 is 20.1 Å². The zero-order chi connectivity index (χ0) is 22.8. The third-order valence-corrected chi connectivity index (χ3v) is 6.14. The summed E-state index contributed by atoms with van der Waals surface area (Å²) in [6.07, 6.45) is 0. The first-order chi connectivity index (χ1) is 14.7. The van der Waals surface area contributed by atoms with E-state index in [1.54, 1.807) is 30.8 Å². The lowest BCUT2D eigenvalue weighted by atomic mass is 9.71. The fraction of sp³-hybridized carbons (Fsp3) is 0.182. The van der Waals surface area contributed by atoms with E-state index in [-0.39, 0.29) is 0 Å². The third kappa shape index (κ3) is 4.17. The van der Waals surface area contributed by atoms with Gasteiger partial charge in [0.15, 0.2) is 11.5 Å². The third-order valence-electron chi connectivity index (χ3n) is 5.24. The van der Waals surface area contributed by atoms with E-state index in [0.717, 1.165) is 16.2 Å². The van der Waals surface area contributed by atoms with Crippen molar-refractivity contribution in [3.63, 3.8) is 0 Å². The van der Waals surface area contributed by atoms with Gasteiger partial charge in [0.2, 0.25) is 0 Å². The normalized spacial score (nSPS) is 11.3. The molecule has 0 aliphatic rings. The SMILES string of the molecule is CCSc1ccc(C(C)(c2ccc(O)c([N+](=O)[O-])c2)c2ccc(O)c([N+](=O)[O-])c2)cc1. The molecule has 2 N–H and O–H groups in total. The minimum atomic E-state index is -1.04. The molecular formula is C22H20N2O6S. The van der Waals surface area contributed by atoms with E-state index in [0.29, 0.717) is 11.1 Å². The number of thioether (sulfide) groups is 1. The van der Waals surface area contributed by atoms with Crippen LogP contribution < -0.4 is 0 Å². The quantitative estimate of drug-likeness (QED) is 0.218. The van der Waals surface area contributed by atoms with Crippen LogP contribution in [0, 0.1) is 20.2 Å². The monoisotopic (exact) mass is 440 g/mol. The maximum absolute atomic E-state index is 11.4. The van der Waals surface area contributed by atoms with Gasteiger partial charge in [-0.25, -0.2) is 0 Å². The number of aromatic hydroxyl groups is 2. The Morgan fingerprint density at radius 3 is 1.61 bits per heavy atom. The molecule has 0 unspecified atom stereocenters. The molecule has 0 fully saturated rings. The van der Waals surface area contributed by atoms with E-state index in [1.165, 1.54) is 24.3 Å². The molecule has 0 aliphatic carbocycles. The molecule has 0 aliphatic heterocycles. The molecule has 0 saturated carbocycles. The van der Waals surface area contributed by atoms with E-state index >= 15 is 0 Å². The molecule has 0 amide bonds. The van der Waals surface area contributed by atoms with Crippen LogP contribution in [0.2, 0.25) is 0 Å². The van der Waals surface area contributed by atoms with Gasteiger partial charge in [0.05, 0.1) is 9.85 Å². The zero-order valence-electron chi connectivity index (χ0n) is 16.8. The zero-order valence-corrected chi connectivity index (χ0v) is 17.6. The van der Waals surface area contributed by atoms with Crippen LogP contribution >= 0.6 is 11.8 Å². The van der Waals surface area contributed by atoms with Crippen molar-refractivity contribution in [1.29, 1.82) is 0 Å². The molecule has 0 heterocycles. The second-order valence-corrected chi connectivity index (χ2v) is 8.34. The standard InChI is InChI=1S/C22H20N2O6S/c1-3-31-17-8-4-14(5-9-17)22(2,15-6-10-20(25)18(12-15)23(27)28)16-7-11-21(26)19(13-16)24(29)30/h4-13,25-26H,3H2,1-2H3. The second kappa shape index (κ2) is 8.65. The van der Waals surface area contributed by atoms with Crippen molar-refractivity contribution in [2.75, 3.05) is 5.75 Å². The van der Waals surface area contributed by atoms with Crippen molar-refractivity contribution >= 4 is 23.1 Å². The summed E-state index contributed by atoms with van der Waals surface area (Å²) in [4.78, 5) is 22.5. The molecule has 3 rings (SSSR count). The van der Waals surface area contributed by atoms with Crippen molar-refractivity contribution in [3.05, 3.63) is 97.6 Å². The molecule has 3 aromatic rings. The van der Waals surface area contributed by atoms with Gasteiger partial charge in [-0.2, -0.15) is 0 Å². The highest BCUT2D eigenvalue weighted by Crippen LogP contribution is 2.44. The summed E-state index contributed by atoms with van der Waals surface area (Å²) < 4.78 is 0. The highest BCUT2D eigenvalue weighted by Gasteiger charge is 2.35. The molecule has 31 heavy (non-hydrogen) atoms. The molecular weight excluding hydrogens is 420 g/mol. The van der Waals surface area contributed by atoms with Crippen molar-refractivity contribution in [1.82, 2.24) is 0 Å². The molecule has 9 heteroatoms. The average Bonchev–Trinajstić information content (AvgIpc) is 2.74. The largest absolute Gasteiger partial charge is 0.502 e. The number of phenols is 2. The number of nitrogens with zero attached hydrogens (tertiary/aromatic N) is 2. The number of hydrogen-bond acceptors (Lipinski definition) is 7. The second-order valence-electron chi connectivity index (χ2n) is 7.00. The first-order valence-electron chi connectivity index (χ1n) is 9.37. The number of hydrogen-bond donors (Lipinski definition) is 2. The summed E-state index contributed by atoms with van der Waals surface area (Å²) in [7, 11) is 0. The van der Waals surface area contributed by atoms with Gasteiger partial charge < -0.3 is 10.2 Å². The highest BCUT2D eigenvalue weighted by molar-refractivity contribution is 7.99. The molecule has 0 saturated heterocycles. The van der Waals surface area contributed by atoms with Crippen LogP contribution in [-0.2, 0) is 5.41 Å². The van der Waals surface area contributed by atoms with Gasteiger partial charge in [0.25, 0.3) is 0 Å². The Morgan fingerprint density at radius 1 is 0.806 bits per heavy atom. The summed E-state index contributed by atoms with van der Waals surface area (Å²) in [5, 5.41) is 42.6. The van der Waals surface area contributed by atoms with E-state index in [1.807, 2.05) is 31.2 Å². The summed E-state index contributed by atoms with van der Waals surface area (Å²) in [5.74, 6) is -0.0461. The lowest BCUT2D eigenvalue weighted by molar-refractivity contribution is -0.386. The molecule has 0 spiro atoms. The summed E-state index contributed by atoms with van der Waals surface area (Å²) in [5.41, 5.74) is -0.286. The van der Waals surface area contributed by atoms with Crippen molar-refractivity contribution in [3.8, 4) is 11.5 Å². The number of rotatable bonds is 7. The number of phenolic OH excluding ortho intramolecular Hbond substituents is 2. The van der Waals surface area contributed by atoms with Gasteiger partial charge in [0, 0.05) is 22.4 Å². The van der Waals surface area contributed by atoms with Crippen LogP contribution in [0.3, 0.4) is 0 Å². The minimum Gasteiger partial charge on any atom is -0.502 e. The maximum Gasteiger partial charge on any atom is 0.311 e. The van der Waals surface area contributed by atoms with Crippen LogP contribution in [-0.4, -0.2) is 25.8 Å². The van der Waals surface area contributed by atoms with Gasteiger partial charge in [-0.3, -0.25) is 20.2 Å². The van der Waals surface area contributed by atoms with Crippen LogP contribution in [0.25, 0.3) is 0 Å². The Hall–Kier alpha value is -3.59. The lowest BCUT2D eigenvalue weighted by Gasteiger charge is -2.32. The Kier molecular flexibility index (Phi) is 6.16. The van der Waals surface area contributed by atoms with Crippen molar-refractivity contribution in [2.24, 2.45) is 0 Å². The Bertz CT molecular complexity index is 1080. The Balaban J connectivity index is 2.29. The molecule has 160 valence electrons. The predicted octanol–water partition coefficient (Wildman–Crippen LogP) is 5.38. The summed E-state index contributed by atoms with van der Waals surface area (Å²) >= 11 is 1.66. The number of benzene rings is 3. The van der Waals surface area contributed by atoms with E-state index in [4.69, 9.17) is 0 Å². The fourth-order valence-corrected chi connectivity index (χ4v) is 4.17. The average molecular weight is 440 g/mol. The Morgan fingerprint density at radius 2 is 1.23 bits per heavy atom. The Labute approximate surface area is 182 Å². The van der Waals surface area contributed by atoms with Gasteiger partial charge in [-0.15, -0.1) is 11.8 Å². The van der Waals surface area contributed by atoms with Crippen LogP contribution in [0.15, 0.2) is 65.6 Å². The van der Waals surface area contributed by atoms with E-state index in [2.05, 4.69) is 0 Å².